The van der Waals surface area contributed by atoms with Gasteiger partial charge in [0, 0.05) is 6.54 Å². The molecule has 1 saturated heterocycles. The summed E-state index contributed by atoms with van der Waals surface area (Å²) in [5.74, 6) is -1.67. The van der Waals surface area contributed by atoms with Crippen LogP contribution < -0.4 is 10.6 Å². The number of hydrogen-bond acceptors (Lipinski definition) is 2. The van der Waals surface area contributed by atoms with Crippen molar-refractivity contribution in [1.82, 2.24) is 5.32 Å². The quantitative estimate of drug-likeness (QED) is 0.822. The second-order valence-corrected chi connectivity index (χ2v) is 4.92. The molecule has 2 N–H and O–H groups in total. The van der Waals surface area contributed by atoms with Crippen LogP contribution in [0.15, 0.2) is 18.2 Å². The summed E-state index contributed by atoms with van der Waals surface area (Å²) >= 11 is 0. The molecule has 1 amide bonds. The van der Waals surface area contributed by atoms with Crippen molar-refractivity contribution >= 4 is 11.6 Å². The summed E-state index contributed by atoms with van der Waals surface area (Å²) in [6.45, 7) is 2.95. The molecule has 1 aliphatic heterocycles. The van der Waals surface area contributed by atoms with Crippen molar-refractivity contribution in [3.05, 3.63) is 29.6 Å². The van der Waals surface area contributed by atoms with E-state index in [9.17, 15) is 22.4 Å². The van der Waals surface area contributed by atoms with Crippen LogP contribution >= 0.6 is 0 Å². The number of nitrogens with one attached hydrogen (secondary N) is 2. The number of hydrogen-bond donors (Lipinski definition) is 2. The molecular weight excluding hydrogens is 276 g/mol. The SMILES string of the molecule is C[C@@H]1CNC[C@H]1C(=O)Nc1cc(C(F)(F)F)ccc1F. The Balaban J connectivity index is 2.18. The van der Waals surface area contributed by atoms with E-state index in [0.717, 1.165) is 0 Å². The van der Waals surface area contributed by atoms with Gasteiger partial charge >= 0.3 is 6.18 Å². The van der Waals surface area contributed by atoms with E-state index in [1.54, 1.807) is 0 Å². The molecule has 0 bridgehead atoms. The molecule has 0 aliphatic carbocycles. The van der Waals surface area contributed by atoms with Gasteiger partial charge in [0.1, 0.15) is 5.82 Å². The fourth-order valence-corrected chi connectivity index (χ4v) is 2.18. The summed E-state index contributed by atoms with van der Waals surface area (Å²) in [5, 5.41) is 5.25. The van der Waals surface area contributed by atoms with Gasteiger partial charge in [0.15, 0.2) is 0 Å². The van der Waals surface area contributed by atoms with Gasteiger partial charge in [0.25, 0.3) is 0 Å². The lowest BCUT2D eigenvalue weighted by molar-refractivity contribution is -0.137. The van der Waals surface area contributed by atoms with E-state index in [1.807, 2.05) is 6.92 Å². The number of amides is 1. The van der Waals surface area contributed by atoms with Crippen molar-refractivity contribution in [1.29, 1.82) is 0 Å². The number of benzene rings is 1. The summed E-state index contributed by atoms with van der Waals surface area (Å²) in [4.78, 5) is 11.9. The molecule has 110 valence electrons. The van der Waals surface area contributed by atoms with Crippen molar-refractivity contribution < 1.29 is 22.4 Å². The van der Waals surface area contributed by atoms with E-state index in [1.165, 1.54) is 0 Å². The molecule has 0 spiro atoms. The van der Waals surface area contributed by atoms with Gasteiger partial charge < -0.3 is 10.6 Å². The van der Waals surface area contributed by atoms with Crippen molar-refractivity contribution in [2.24, 2.45) is 11.8 Å². The monoisotopic (exact) mass is 290 g/mol. The Morgan fingerprint density at radius 1 is 1.35 bits per heavy atom. The summed E-state index contributed by atoms with van der Waals surface area (Å²) in [6.07, 6.45) is -4.57. The number of halogens is 4. The molecule has 3 nitrogen and oxygen atoms in total. The predicted molar refractivity (Wildman–Crippen MR) is 65.6 cm³/mol. The Kier molecular flexibility index (Phi) is 3.99. The number of carbonyl (C=O) groups excluding carboxylic acids is 1. The van der Waals surface area contributed by atoms with E-state index in [4.69, 9.17) is 0 Å². The molecular formula is C13H14F4N2O. The third-order valence-corrected chi connectivity index (χ3v) is 3.41. The topological polar surface area (TPSA) is 41.1 Å². The Hall–Kier alpha value is -1.63. The smallest absolute Gasteiger partial charge is 0.323 e. The highest BCUT2D eigenvalue weighted by Gasteiger charge is 2.33. The minimum Gasteiger partial charge on any atom is -0.323 e. The van der Waals surface area contributed by atoms with Crippen molar-refractivity contribution in [3.8, 4) is 0 Å². The lowest BCUT2D eigenvalue weighted by atomic mass is 9.97. The molecule has 7 heteroatoms. The molecule has 0 radical (unpaired) electrons. The number of alkyl halides is 3. The maximum atomic E-state index is 13.5. The first kappa shape index (κ1) is 14.8. The van der Waals surface area contributed by atoms with E-state index in [2.05, 4.69) is 10.6 Å². The van der Waals surface area contributed by atoms with Crippen LogP contribution in [0.25, 0.3) is 0 Å². The van der Waals surface area contributed by atoms with Crippen molar-refractivity contribution in [2.45, 2.75) is 13.1 Å². The number of rotatable bonds is 2. The standard InChI is InChI=1S/C13H14F4N2O/c1-7-5-18-6-9(7)12(20)19-11-4-8(13(15,16)17)2-3-10(11)14/h2-4,7,9,18H,5-6H2,1H3,(H,19,20)/t7-,9-/m1/s1. The van der Waals surface area contributed by atoms with Gasteiger partial charge in [-0.15, -0.1) is 0 Å². The summed E-state index contributed by atoms with van der Waals surface area (Å²) in [6, 6.07) is 1.96. The van der Waals surface area contributed by atoms with Gasteiger partial charge in [-0.1, -0.05) is 6.92 Å². The Morgan fingerprint density at radius 3 is 2.60 bits per heavy atom. The number of carbonyl (C=O) groups is 1. The summed E-state index contributed by atoms with van der Waals surface area (Å²) in [5.41, 5.74) is -1.43. The highest BCUT2D eigenvalue weighted by molar-refractivity contribution is 5.93. The predicted octanol–water partition coefficient (Wildman–Crippen LogP) is 2.64. The minimum absolute atomic E-state index is 0.0591. The summed E-state index contributed by atoms with van der Waals surface area (Å²) < 4.78 is 51.2. The zero-order valence-electron chi connectivity index (χ0n) is 10.7. The minimum atomic E-state index is -4.57. The van der Waals surface area contributed by atoms with Gasteiger partial charge in [-0.05, 0) is 30.7 Å². The lowest BCUT2D eigenvalue weighted by Gasteiger charge is -2.15. The molecule has 1 aliphatic rings. The first-order valence-corrected chi connectivity index (χ1v) is 6.17. The van der Waals surface area contributed by atoms with E-state index in [-0.39, 0.29) is 11.8 Å². The van der Waals surface area contributed by atoms with Crippen LogP contribution in [0.5, 0.6) is 0 Å². The van der Waals surface area contributed by atoms with Crippen LogP contribution in [0.1, 0.15) is 12.5 Å². The Morgan fingerprint density at radius 2 is 2.05 bits per heavy atom. The molecule has 1 aromatic carbocycles. The third-order valence-electron chi connectivity index (χ3n) is 3.41. The molecule has 1 aromatic rings. The summed E-state index contributed by atoms with van der Waals surface area (Å²) in [7, 11) is 0. The molecule has 1 heterocycles. The van der Waals surface area contributed by atoms with Gasteiger partial charge in [-0.25, -0.2) is 4.39 Å². The average Bonchev–Trinajstić information content (AvgIpc) is 2.77. The van der Waals surface area contributed by atoms with Gasteiger partial charge in [0.2, 0.25) is 5.91 Å². The highest BCUT2D eigenvalue weighted by atomic mass is 19.4. The maximum absolute atomic E-state index is 13.5. The fraction of sp³-hybridized carbons (Fsp3) is 0.462. The van der Waals surface area contributed by atoms with Crippen LogP contribution in [-0.4, -0.2) is 19.0 Å². The zero-order valence-corrected chi connectivity index (χ0v) is 10.7. The Bertz CT molecular complexity index is 516. The third kappa shape index (κ3) is 3.09. The van der Waals surface area contributed by atoms with E-state index >= 15 is 0 Å². The van der Waals surface area contributed by atoms with E-state index in [0.29, 0.717) is 31.3 Å². The van der Waals surface area contributed by atoms with Crippen LogP contribution in [0, 0.1) is 17.7 Å². The van der Waals surface area contributed by atoms with Crippen molar-refractivity contribution in [2.75, 3.05) is 18.4 Å². The van der Waals surface area contributed by atoms with Gasteiger partial charge in [0.05, 0.1) is 17.2 Å². The average molecular weight is 290 g/mol. The zero-order chi connectivity index (χ0) is 14.9. The highest BCUT2D eigenvalue weighted by Crippen LogP contribution is 2.32. The first-order valence-electron chi connectivity index (χ1n) is 6.17. The number of anilines is 1. The second kappa shape index (κ2) is 5.40. The second-order valence-electron chi connectivity index (χ2n) is 4.92. The maximum Gasteiger partial charge on any atom is 0.416 e. The molecule has 2 atom stereocenters. The molecule has 0 aromatic heterocycles. The molecule has 20 heavy (non-hydrogen) atoms. The molecule has 1 fully saturated rings. The fourth-order valence-electron chi connectivity index (χ4n) is 2.18. The van der Waals surface area contributed by atoms with Gasteiger partial charge in [-0.2, -0.15) is 13.2 Å². The molecule has 0 saturated carbocycles. The largest absolute Gasteiger partial charge is 0.416 e. The Labute approximate surface area is 113 Å². The van der Waals surface area contributed by atoms with Crippen LogP contribution in [0.3, 0.4) is 0 Å². The normalized spacial score (nSPS) is 22.9. The van der Waals surface area contributed by atoms with Crippen LogP contribution in [0.2, 0.25) is 0 Å². The van der Waals surface area contributed by atoms with Gasteiger partial charge in [-0.3, -0.25) is 4.79 Å². The molecule has 2 rings (SSSR count). The lowest BCUT2D eigenvalue weighted by Crippen LogP contribution is -2.28. The van der Waals surface area contributed by atoms with Crippen LogP contribution in [0.4, 0.5) is 23.2 Å². The van der Waals surface area contributed by atoms with Crippen molar-refractivity contribution in [3.63, 3.8) is 0 Å². The van der Waals surface area contributed by atoms with E-state index < -0.39 is 29.2 Å². The molecule has 0 unspecified atom stereocenters. The first-order chi connectivity index (χ1) is 9.29. The van der Waals surface area contributed by atoms with Crippen LogP contribution in [-0.2, 0) is 11.0 Å².